The van der Waals surface area contributed by atoms with Gasteiger partial charge in [-0.05, 0) is 25.6 Å². The number of hydrogen-bond donors (Lipinski definition) is 1. The molecular formula is C18H28N4O. The van der Waals surface area contributed by atoms with Crippen molar-refractivity contribution in [3.05, 3.63) is 35.9 Å². The molecule has 0 spiro atoms. The Hall–Kier alpha value is -1.43. The van der Waals surface area contributed by atoms with Crippen molar-refractivity contribution in [2.75, 3.05) is 59.4 Å². The van der Waals surface area contributed by atoms with Gasteiger partial charge in [0.25, 0.3) is 0 Å². The summed E-state index contributed by atoms with van der Waals surface area (Å²) in [5.74, 6) is 0.268. The maximum absolute atomic E-state index is 13.3. The summed E-state index contributed by atoms with van der Waals surface area (Å²) in [6, 6.07) is 10.1. The van der Waals surface area contributed by atoms with E-state index in [0.717, 1.165) is 64.3 Å². The molecule has 23 heavy (non-hydrogen) atoms. The minimum atomic E-state index is -0.136. The van der Waals surface area contributed by atoms with Gasteiger partial charge in [0, 0.05) is 45.8 Å². The van der Waals surface area contributed by atoms with Crippen LogP contribution in [0.3, 0.4) is 0 Å². The first-order chi connectivity index (χ1) is 11.3. The molecule has 0 aromatic heterocycles. The smallest absolute Gasteiger partial charge is 0.244 e. The van der Waals surface area contributed by atoms with Gasteiger partial charge in [0.15, 0.2) is 0 Å². The molecule has 2 saturated heterocycles. The van der Waals surface area contributed by atoms with Gasteiger partial charge in [0.2, 0.25) is 5.91 Å². The quantitative estimate of drug-likeness (QED) is 0.895. The Morgan fingerprint density at radius 1 is 1.00 bits per heavy atom. The van der Waals surface area contributed by atoms with Gasteiger partial charge >= 0.3 is 0 Å². The standard InChI is InChI=1S/C18H28N4O/c1-20-12-14-21(15-13-20)17(16-6-3-2-4-7-16)18(23)22-10-5-8-19-9-11-22/h2-4,6-7,17,19H,5,8-15H2,1H3. The number of carbonyl (C=O) groups excluding carboxylic acids is 1. The molecule has 1 unspecified atom stereocenters. The highest BCUT2D eigenvalue weighted by molar-refractivity contribution is 5.83. The zero-order valence-corrected chi connectivity index (χ0v) is 14.1. The van der Waals surface area contributed by atoms with Crippen LogP contribution in [0.4, 0.5) is 0 Å². The third-order valence-electron chi connectivity index (χ3n) is 4.90. The van der Waals surface area contributed by atoms with E-state index in [1.54, 1.807) is 0 Å². The average molecular weight is 316 g/mol. The van der Waals surface area contributed by atoms with Crippen molar-refractivity contribution in [3.63, 3.8) is 0 Å². The fourth-order valence-corrected chi connectivity index (χ4v) is 3.46. The summed E-state index contributed by atoms with van der Waals surface area (Å²) in [5, 5.41) is 3.38. The molecule has 126 valence electrons. The molecule has 2 aliphatic rings. The Morgan fingerprint density at radius 3 is 2.48 bits per heavy atom. The van der Waals surface area contributed by atoms with Crippen LogP contribution in [0, 0.1) is 0 Å². The van der Waals surface area contributed by atoms with Gasteiger partial charge in [-0.15, -0.1) is 0 Å². The van der Waals surface area contributed by atoms with Crippen molar-refractivity contribution >= 4 is 5.91 Å². The highest BCUT2D eigenvalue weighted by Gasteiger charge is 2.32. The number of benzene rings is 1. The fraction of sp³-hybridized carbons (Fsp3) is 0.611. The lowest BCUT2D eigenvalue weighted by molar-refractivity contribution is -0.137. The van der Waals surface area contributed by atoms with E-state index in [4.69, 9.17) is 0 Å². The van der Waals surface area contributed by atoms with Gasteiger partial charge in [-0.25, -0.2) is 0 Å². The van der Waals surface area contributed by atoms with Crippen LogP contribution in [-0.2, 0) is 4.79 Å². The topological polar surface area (TPSA) is 38.8 Å². The zero-order valence-electron chi connectivity index (χ0n) is 14.1. The Balaban J connectivity index is 1.80. The second-order valence-electron chi connectivity index (χ2n) is 6.58. The molecule has 1 N–H and O–H groups in total. The number of hydrogen-bond acceptors (Lipinski definition) is 4. The van der Waals surface area contributed by atoms with Crippen LogP contribution in [0.15, 0.2) is 30.3 Å². The Bertz CT molecular complexity index is 491. The molecule has 1 aromatic carbocycles. The molecule has 0 radical (unpaired) electrons. The summed E-state index contributed by atoms with van der Waals surface area (Å²) in [6.45, 7) is 7.54. The van der Waals surface area contributed by atoms with E-state index in [9.17, 15) is 4.79 Å². The third-order valence-corrected chi connectivity index (χ3v) is 4.90. The average Bonchev–Trinajstić information content (AvgIpc) is 2.87. The highest BCUT2D eigenvalue weighted by atomic mass is 16.2. The number of piperazine rings is 1. The molecule has 3 rings (SSSR count). The lowest BCUT2D eigenvalue weighted by Gasteiger charge is -2.39. The van der Waals surface area contributed by atoms with Gasteiger partial charge in [-0.2, -0.15) is 0 Å². The summed E-state index contributed by atoms with van der Waals surface area (Å²) >= 11 is 0. The van der Waals surface area contributed by atoms with E-state index in [1.165, 1.54) is 0 Å². The maximum atomic E-state index is 13.3. The third kappa shape index (κ3) is 4.10. The minimum absolute atomic E-state index is 0.136. The number of amides is 1. The lowest BCUT2D eigenvalue weighted by atomic mass is 10.0. The van der Waals surface area contributed by atoms with E-state index in [2.05, 4.69) is 39.2 Å². The number of nitrogens with one attached hydrogen (secondary N) is 1. The molecule has 5 heteroatoms. The van der Waals surface area contributed by atoms with Gasteiger partial charge in [0.05, 0.1) is 0 Å². The molecule has 0 saturated carbocycles. The first-order valence-electron chi connectivity index (χ1n) is 8.73. The maximum Gasteiger partial charge on any atom is 0.244 e. The van der Waals surface area contributed by atoms with Crippen LogP contribution in [0.5, 0.6) is 0 Å². The Kier molecular flexibility index (Phi) is 5.65. The molecule has 2 heterocycles. The van der Waals surface area contributed by atoms with Gasteiger partial charge < -0.3 is 15.1 Å². The minimum Gasteiger partial charge on any atom is -0.340 e. The van der Waals surface area contributed by atoms with Crippen LogP contribution < -0.4 is 5.32 Å². The van der Waals surface area contributed by atoms with Crippen molar-refractivity contribution in [2.24, 2.45) is 0 Å². The molecule has 1 aromatic rings. The second-order valence-corrected chi connectivity index (χ2v) is 6.58. The molecule has 5 nitrogen and oxygen atoms in total. The normalized spacial score (nSPS) is 22.6. The van der Waals surface area contributed by atoms with E-state index in [1.807, 2.05) is 18.2 Å². The number of carbonyl (C=O) groups is 1. The summed E-state index contributed by atoms with van der Waals surface area (Å²) in [6.07, 6.45) is 1.04. The molecule has 2 fully saturated rings. The Morgan fingerprint density at radius 2 is 1.74 bits per heavy atom. The molecule has 0 aliphatic carbocycles. The number of likely N-dealkylation sites (N-methyl/N-ethyl adjacent to an activating group) is 1. The Labute approximate surface area is 139 Å². The van der Waals surface area contributed by atoms with Crippen LogP contribution in [-0.4, -0.2) is 80.0 Å². The first-order valence-corrected chi connectivity index (χ1v) is 8.73. The predicted molar refractivity (Wildman–Crippen MR) is 92.3 cm³/mol. The summed E-state index contributed by atoms with van der Waals surface area (Å²) in [4.78, 5) is 20.0. The molecule has 0 bridgehead atoms. The number of rotatable bonds is 3. The van der Waals surface area contributed by atoms with Crippen LogP contribution in [0.2, 0.25) is 0 Å². The summed E-state index contributed by atoms with van der Waals surface area (Å²) in [5.41, 5.74) is 1.12. The van der Waals surface area contributed by atoms with Crippen molar-refractivity contribution in [1.82, 2.24) is 20.0 Å². The van der Waals surface area contributed by atoms with E-state index in [-0.39, 0.29) is 11.9 Å². The molecular weight excluding hydrogens is 288 g/mol. The largest absolute Gasteiger partial charge is 0.340 e. The highest BCUT2D eigenvalue weighted by Crippen LogP contribution is 2.24. The molecule has 1 atom stereocenters. The molecule has 1 amide bonds. The number of nitrogens with zero attached hydrogens (tertiary/aromatic N) is 3. The predicted octanol–water partition coefficient (Wildman–Crippen LogP) is 0.797. The van der Waals surface area contributed by atoms with Crippen molar-refractivity contribution in [1.29, 1.82) is 0 Å². The van der Waals surface area contributed by atoms with Crippen molar-refractivity contribution < 1.29 is 4.79 Å². The lowest BCUT2D eigenvalue weighted by Crippen LogP contribution is -2.51. The zero-order chi connectivity index (χ0) is 16.1. The molecule has 2 aliphatic heterocycles. The second kappa shape index (κ2) is 7.90. The van der Waals surface area contributed by atoms with Gasteiger partial charge in [-0.3, -0.25) is 9.69 Å². The first kappa shape index (κ1) is 16.4. The van der Waals surface area contributed by atoms with Gasteiger partial charge in [0.1, 0.15) is 6.04 Å². The van der Waals surface area contributed by atoms with Crippen LogP contribution in [0.1, 0.15) is 18.0 Å². The van der Waals surface area contributed by atoms with Crippen LogP contribution in [0.25, 0.3) is 0 Å². The van der Waals surface area contributed by atoms with Crippen LogP contribution >= 0.6 is 0 Å². The summed E-state index contributed by atoms with van der Waals surface area (Å²) in [7, 11) is 2.15. The van der Waals surface area contributed by atoms with Crippen molar-refractivity contribution in [2.45, 2.75) is 12.5 Å². The van der Waals surface area contributed by atoms with E-state index >= 15 is 0 Å². The van der Waals surface area contributed by atoms with E-state index < -0.39 is 0 Å². The summed E-state index contributed by atoms with van der Waals surface area (Å²) < 4.78 is 0. The van der Waals surface area contributed by atoms with Crippen molar-refractivity contribution in [3.8, 4) is 0 Å². The SMILES string of the molecule is CN1CCN(C(C(=O)N2CCCNCC2)c2ccccc2)CC1. The van der Waals surface area contributed by atoms with E-state index in [0.29, 0.717) is 0 Å². The van der Waals surface area contributed by atoms with Gasteiger partial charge in [-0.1, -0.05) is 30.3 Å². The monoisotopic (exact) mass is 316 g/mol. The fourth-order valence-electron chi connectivity index (χ4n) is 3.46.